The fourth-order valence-corrected chi connectivity index (χ4v) is 0.962. The first-order valence-electron chi connectivity index (χ1n) is 4.42. The minimum absolute atomic E-state index is 0.214. The topological polar surface area (TPSA) is 77.8 Å². The zero-order valence-electron chi connectivity index (χ0n) is 8.21. The first-order chi connectivity index (χ1) is 7.00. The van der Waals surface area contributed by atoms with Crippen molar-refractivity contribution in [3.63, 3.8) is 0 Å². The molecule has 0 aromatic heterocycles. The Labute approximate surface area is 87.1 Å². The van der Waals surface area contributed by atoms with Gasteiger partial charge in [0.05, 0.1) is 0 Å². The number of hydrogen-bond acceptors (Lipinski definition) is 4. The van der Waals surface area contributed by atoms with Gasteiger partial charge in [-0.15, -0.1) is 0 Å². The molecule has 0 saturated heterocycles. The lowest BCUT2D eigenvalue weighted by Gasteiger charge is -1.99. The minimum atomic E-state index is -1.04. The summed E-state index contributed by atoms with van der Waals surface area (Å²) in [6.07, 6.45) is 1.64. The number of phenols is 2. The normalized spacial score (nSPS) is 12.9. The molecular weight excluding hydrogens is 196 g/mol. The molecule has 4 nitrogen and oxygen atoms in total. The van der Waals surface area contributed by atoms with Gasteiger partial charge < -0.3 is 15.3 Å². The molecule has 0 aliphatic heterocycles. The molecule has 1 aromatic rings. The highest BCUT2D eigenvalue weighted by atomic mass is 16.3. The first-order valence-corrected chi connectivity index (χ1v) is 4.42. The van der Waals surface area contributed by atoms with Gasteiger partial charge in [-0.25, -0.2) is 0 Å². The molecule has 1 atom stereocenters. The van der Waals surface area contributed by atoms with Crippen molar-refractivity contribution in [2.75, 3.05) is 0 Å². The molecule has 0 fully saturated rings. The summed E-state index contributed by atoms with van der Waals surface area (Å²) in [6.45, 7) is 1.38. The standard InChI is InChI=1S/C11H12O4/c1-7(12)9(13)4-2-8-3-5-10(14)11(15)6-8/h2-7,12,14-15H,1H3. The lowest BCUT2D eigenvalue weighted by molar-refractivity contribution is -0.121. The third kappa shape index (κ3) is 3.11. The molecule has 0 aliphatic carbocycles. The van der Waals surface area contributed by atoms with Crippen LogP contribution in [-0.2, 0) is 4.79 Å². The number of carbonyl (C=O) groups is 1. The van der Waals surface area contributed by atoms with Gasteiger partial charge in [-0.1, -0.05) is 12.1 Å². The van der Waals surface area contributed by atoms with Crippen molar-refractivity contribution in [2.24, 2.45) is 0 Å². The molecule has 0 spiro atoms. The van der Waals surface area contributed by atoms with Crippen LogP contribution in [0.3, 0.4) is 0 Å². The summed E-state index contributed by atoms with van der Waals surface area (Å²) < 4.78 is 0. The summed E-state index contributed by atoms with van der Waals surface area (Å²) in [5.74, 6) is -0.877. The summed E-state index contributed by atoms with van der Waals surface area (Å²) in [4.78, 5) is 11.0. The number of aliphatic hydroxyl groups excluding tert-OH is 1. The number of ketones is 1. The van der Waals surface area contributed by atoms with E-state index < -0.39 is 11.9 Å². The molecule has 0 amide bonds. The predicted octanol–water partition coefficient (Wildman–Crippen LogP) is 1.06. The highest BCUT2D eigenvalue weighted by Crippen LogP contribution is 2.25. The van der Waals surface area contributed by atoms with Gasteiger partial charge in [0, 0.05) is 0 Å². The number of benzene rings is 1. The third-order valence-electron chi connectivity index (χ3n) is 1.85. The van der Waals surface area contributed by atoms with Crippen LogP contribution in [0.5, 0.6) is 11.5 Å². The number of rotatable bonds is 3. The summed E-state index contributed by atoms with van der Waals surface area (Å²) in [6, 6.07) is 4.18. The van der Waals surface area contributed by atoms with Crippen LogP contribution in [-0.4, -0.2) is 27.2 Å². The van der Waals surface area contributed by atoms with Crippen molar-refractivity contribution in [3.8, 4) is 11.5 Å². The molecule has 1 unspecified atom stereocenters. The number of aliphatic hydroxyl groups is 1. The minimum Gasteiger partial charge on any atom is -0.504 e. The third-order valence-corrected chi connectivity index (χ3v) is 1.85. The summed E-state index contributed by atoms with van der Waals surface area (Å²) in [5.41, 5.74) is 0.569. The Bertz CT molecular complexity index is 394. The number of hydrogen-bond donors (Lipinski definition) is 3. The Morgan fingerprint density at radius 2 is 2.00 bits per heavy atom. The van der Waals surface area contributed by atoms with Gasteiger partial charge in [-0.3, -0.25) is 4.79 Å². The molecule has 0 radical (unpaired) electrons. The molecule has 0 aliphatic rings. The van der Waals surface area contributed by atoms with Crippen LogP contribution in [0.25, 0.3) is 6.08 Å². The summed E-state index contributed by atoms with van der Waals surface area (Å²) in [7, 11) is 0. The SMILES string of the molecule is CC(O)C(=O)C=Cc1ccc(O)c(O)c1. The Morgan fingerprint density at radius 1 is 1.33 bits per heavy atom. The lowest BCUT2D eigenvalue weighted by atomic mass is 10.1. The molecule has 3 N–H and O–H groups in total. The maximum atomic E-state index is 11.0. The van der Waals surface area contributed by atoms with Crippen molar-refractivity contribution in [1.82, 2.24) is 0 Å². The van der Waals surface area contributed by atoms with Crippen molar-refractivity contribution in [2.45, 2.75) is 13.0 Å². The van der Waals surface area contributed by atoms with Gasteiger partial charge in [0.15, 0.2) is 17.3 Å². The quantitative estimate of drug-likeness (QED) is 0.512. The van der Waals surface area contributed by atoms with Gasteiger partial charge in [0.25, 0.3) is 0 Å². The average molecular weight is 208 g/mol. The van der Waals surface area contributed by atoms with Crippen LogP contribution < -0.4 is 0 Å². The Hall–Kier alpha value is -1.81. The largest absolute Gasteiger partial charge is 0.504 e. The van der Waals surface area contributed by atoms with Crippen LogP contribution in [0.4, 0.5) is 0 Å². The second kappa shape index (κ2) is 4.61. The molecule has 80 valence electrons. The van der Waals surface area contributed by atoms with Crippen LogP contribution >= 0.6 is 0 Å². The fourth-order valence-electron chi connectivity index (χ4n) is 0.962. The highest BCUT2D eigenvalue weighted by Gasteiger charge is 2.04. The van der Waals surface area contributed by atoms with Crippen molar-refractivity contribution >= 4 is 11.9 Å². The zero-order valence-corrected chi connectivity index (χ0v) is 8.21. The van der Waals surface area contributed by atoms with E-state index >= 15 is 0 Å². The van der Waals surface area contributed by atoms with Crippen LogP contribution in [0.2, 0.25) is 0 Å². The average Bonchev–Trinajstić information content (AvgIpc) is 2.19. The fraction of sp³-hybridized carbons (Fsp3) is 0.182. The molecular formula is C11H12O4. The van der Waals surface area contributed by atoms with Crippen molar-refractivity contribution in [1.29, 1.82) is 0 Å². The molecule has 1 aromatic carbocycles. The maximum Gasteiger partial charge on any atom is 0.183 e. The van der Waals surface area contributed by atoms with E-state index in [2.05, 4.69) is 0 Å². The Morgan fingerprint density at radius 3 is 2.53 bits per heavy atom. The molecule has 0 bridgehead atoms. The van der Waals surface area contributed by atoms with E-state index in [0.29, 0.717) is 5.56 Å². The van der Waals surface area contributed by atoms with Gasteiger partial charge >= 0.3 is 0 Å². The Kier molecular flexibility index (Phi) is 3.46. The van der Waals surface area contributed by atoms with E-state index in [1.165, 1.54) is 31.2 Å². The first kappa shape index (κ1) is 11.3. The predicted molar refractivity (Wildman–Crippen MR) is 55.5 cm³/mol. The van der Waals surface area contributed by atoms with E-state index in [-0.39, 0.29) is 11.5 Å². The maximum absolute atomic E-state index is 11.0. The van der Waals surface area contributed by atoms with E-state index in [4.69, 9.17) is 15.3 Å². The van der Waals surface area contributed by atoms with E-state index in [0.717, 1.165) is 0 Å². The summed E-state index contributed by atoms with van der Waals surface area (Å²) in [5, 5.41) is 27.1. The molecule has 1 rings (SSSR count). The second-order valence-electron chi connectivity index (χ2n) is 3.16. The van der Waals surface area contributed by atoms with Gasteiger partial charge in [0.1, 0.15) is 6.10 Å². The van der Waals surface area contributed by atoms with E-state index in [1.54, 1.807) is 6.07 Å². The monoisotopic (exact) mass is 208 g/mol. The number of phenolic OH excluding ortho intramolecular Hbond substituents is 2. The van der Waals surface area contributed by atoms with Gasteiger partial charge in [-0.2, -0.15) is 0 Å². The van der Waals surface area contributed by atoms with Gasteiger partial charge in [0.2, 0.25) is 0 Å². The number of aromatic hydroxyl groups is 2. The van der Waals surface area contributed by atoms with Gasteiger partial charge in [-0.05, 0) is 30.7 Å². The lowest BCUT2D eigenvalue weighted by Crippen LogP contribution is -2.12. The van der Waals surface area contributed by atoms with Crippen LogP contribution in [0.15, 0.2) is 24.3 Å². The van der Waals surface area contributed by atoms with Crippen LogP contribution in [0, 0.1) is 0 Å². The highest BCUT2D eigenvalue weighted by molar-refractivity contribution is 5.96. The summed E-state index contributed by atoms with van der Waals surface area (Å²) >= 11 is 0. The smallest absolute Gasteiger partial charge is 0.183 e. The molecule has 0 saturated carbocycles. The molecule has 4 heteroatoms. The van der Waals surface area contributed by atoms with Crippen LogP contribution in [0.1, 0.15) is 12.5 Å². The Balaban J connectivity index is 2.81. The molecule has 0 heterocycles. The number of carbonyl (C=O) groups excluding carboxylic acids is 1. The second-order valence-corrected chi connectivity index (χ2v) is 3.16. The zero-order chi connectivity index (χ0) is 11.4. The van der Waals surface area contributed by atoms with E-state index in [9.17, 15) is 4.79 Å². The molecule has 15 heavy (non-hydrogen) atoms. The van der Waals surface area contributed by atoms with Crippen molar-refractivity contribution < 1.29 is 20.1 Å². The van der Waals surface area contributed by atoms with Crippen molar-refractivity contribution in [3.05, 3.63) is 29.8 Å². The van der Waals surface area contributed by atoms with E-state index in [1.807, 2.05) is 0 Å².